The normalized spacial score (nSPS) is 14.5. The fraction of sp³-hybridized carbons (Fsp3) is 0.417. The second kappa shape index (κ2) is 10.5. The number of aliphatic hydroxyl groups excluding tert-OH is 1. The number of aliphatic hydroxyl groups is 1. The first kappa shape index (κ1) is 27.2. The molecule has 2 aromatic rings. The lowest BCUT2D eigenvalue weighted by Crippen LogP contribution is -2.57. The summed E-state index contributed by atoms with van der Waals surface area (Å²) in [4.78, 5) is 0.0168. The summed E-state index contributed by atoms with van der Waals surface area (Å²) < 4.78 is 53.8. The number of hydrogen-bond donors (Lipinski definition) is 2. The molecule has 9 heteroatoms. The van der Waals surface area contributed by atoms with E-state index in [1.54, 1.807) is 6.08 Å². The van der Waals surface area contributed by atoms with E-state index in [0.717, 1.165) is 0 Å². The van der Waals surface area contributed by atoms with Crippen LogP contribution in [0.3, 0.4) is 0 Å². The van der Waals surface area contributed by atoms with E-state index in [-0.39, 0.29) is 28.8 Å². The van der Waals surface area contributed by atoms with Crippen LogP contribution in [-0.4, -0.2) is 40.6 Å². The lowest BCUT2D eigenvalue weighted by atomic mass is 9.99. The molecule has 0 radical (unpaired) electrons. The van der Waals surface area contributed by atoms with Crippen molar-refractivity contribution in [2.45, 2.75) is 55.8 Å². The third-order valence-electron chi connectivity index (χ3n) is 5.89. The lowest BCUT2D eigenvalue weighted by molar-refractivity contribution is 0.114. The molecule has 2 rings (SSSR count). The molecule has 2 aromatic carbocycles. The quantitative estimate of drug-likeness (QED) is 0.330. The van der Waals surface area contributed by atoms with Gasteiger partial charge in [-0.05, 0) is 73.1 Å². The minimum atomic E-state index is -3.98. The minimum Gasteiger partial charge on any atom is -0.457 e. The molecule has 0 fully saturated rings. The highest BCUT2D eigenvalue weighted by molar-refractivity contribution is 7.89. The van der Waals surface area contributed by atoms with Crippen LogP contribution in [0.15, 0.2) is 66.1 Å². The third kappa shape index (κ3) is 7.22. The monoisotopic (exact) mass is 495 g/mol. The van der Waals surface area contributed by atoms with Gasteiger partial charge in [-0.3, -0.25) is 0 Å². The topological polar surface area (TPSA) is 84.9 Å². The maximum Gasteiger partial charge on any atom is 0.241 e. The Hall–Kier alpha value is -2.04. The Bertz CT molecular complexity index is 1030. The van der Waals surface area contributed by atoms with Crippen molar-refractivity contribution in [1.82, 2.24) is 4.72 Å². The number of halogens is 1. The van der Waals surface area contributed by atoms with Crippen LogP contribution in [0.5, 0.6) is 11.5 Å². The van der Waals surface area contributed by atoms with E-state index in [9.17, 15) is 17.9 Å². The van der Waals surface area contributed by atoms with E-state index in [1.165, 1.54) is 48.5 Å². The molecule has 0 saturated carbocycles. The summed E-state index contributed by atoms with van der Waals surface area (Å²) >= 11 is 0. The molecule has 0 heterocycles. The first-order valence-electron chi connectivity index (χ1n) is 10.7. The average molecular weight is 496 g/mol. The number of benzene rings is 2. The average Bonchev–Trinajstić information content (AvgIpc) is 2.73. The Labute approximate surface area is 197 Å². The molecule has 2 N–H and O–H groups in total. The van der Waals surface area contributed by atoms with Crippen molar-refractivity contribution in [2.24, 2.45) is 0 Å². The van der Waals surface area contributed by atoms with Gasteiger partial charge in [0.25, 0.3) is 0 Å². The van der Waals surface area contributed by atoms with Crippen LogP contribution in [0.1, 0.15) is 27.2 Å². The number of nitrogens with one attached hydrogen (secondary N) is 1. The number of hydrogen-bond acceptors (Lipinski definition) is 5. The molecule has 33 heavy (non-hydrogen) atoms. The van der Waals surface area contributed by atoms with Crippen molar-refractivity contribution in [3.8, 4) is 11.5 Å². The van der Waals surface area contributed by atoms with Crippen LogP contribution in [0, 0.1) is 5.82 Å². The van der Waals surface area contributed by atoms with Crippen LogP contribution >= 0.6 is 0 Å². The SMILES string of the molecule is C=CC[C@@](CO)(CO[Si](C)(C)C(C)(C)C)NS(=O)(=O)c1ccc(Oc2ccc(F)cc2)cc1. The Morgan fingerprint density at radius 1 is 1.06 bits per heavy atom. The number of sulfonamides is 1. The van der Waals surface area contributed by atoms with Gasteiger partial charge in [0.2, 0.25) is 10.0 Å². The van der Waals surface area contributed by atoms with Gasteiger partial charge in [-0.25, -0.2) is 17.5 Å². The molecule has 0 unspecified atom stereocenters. The zero-order chi connectivity index (χ0) is 24.9. The lowest BCUT2D eigenvalue weighted by Gasteiger charge is -2.40. The van der Waals surface area contributed by atoms with Crippen LogP contribution in [-0.2, 0) is 14.4 Å². The van der Waals surface area contributed by atoms with Crippen molar-refractivity contribution in [3.63, 3.8) is 0 Å². The van der Waals surface area contributed by atoms with Crippen LogP contribution in [0.4, 0.5) is 4.39 Å². The van der Waals surface area contributed by atoms with Gasteiger partial charge in [0.1, 0.15) is 17.3 Å². The summed E-state index contributed by atoms with van der Waals surface area (Å²) in [5, 5.41) is 10.1. The number of ether oxygens (including phenoxy) is 1. The van der Waals surface area contributed by atoms with Gasteiger partial charge in [-0.15, -0.1) is 6.58 Å². The zero-order valence-electron chi connectivity index (χ0n) is 19.9. The van der Waals surface area contributed by atoms with Crippen molar-refractivity contribution < 1.29 is 27.1 Å². The standard InChI is InChI=1S/C24H34FNO5SSi/c1-7-16-24(17-27,18-30-33(5,6)23(2,3)4)26-32(28,29)22-14-12-21(13-15-22)31-20-10-8-19(25)9-11-20/h7-15,26-27H,1,16-18H2,2-6H3/t24-/m1/s1. The smallest absolute Gasteiger partial charge is 0.241 e. The van der Waals surface area contributed by atoms with Gasteiger partial charge >= 0.3 is 0 Å². The van der Waals surface area contributed by atoms with E-state index >= 15 is 0 Å². The molecule has 0 aromatic heterocycles. The van der Waals surface area contributed by atoms with Gasteiger partial charge in [0.15, 0.2) is 8.32 Å². The molecule has 0 aliphatic carbocycles. The van der Waals surface area contributed by atoms with Gasteiger partial charge < -0.3 is 14.3 Å². The van der Waals surface area contributed by atoms with Gasteiger partial charge in [-0.2, -0.15) is 0 Å². The molecule has 0 bridgehead atoms. The van der Waals surface area contributed by atoms with Crippen LogP contribution < -0.4 is 9.46 Å². The van der Waals surface area contributed by atoms with Gasteiger partial charge in [0, 0.05) is 0 Å². The second-order valence-corrected chi connectivity index (χ2v) is 16.1. The van der Waals surface area contributed by atoms with Crippen molar-refractivity contribution in [2.75, 3.05) is 13.2 Å². The molecule has 0 saturated heterocycles. The maximum atomic E-state index is 13.1. The first-order valence-corrected chi connectivity index (χ1v) is 15.1. The molecule has 0 spiro atoms. The number of rotatable bonds is 11. The summed E-state index contributed by atoms with van der Waals surface area (Å²) in [5.41, 5.74) is -1.24. The zero-order valence-corrected chi connectivity index (χ0v) is 21.7. The first-order chi connectivity index (χ1) is 15.2. The van der Waals surface area contributed by atoms with E-state index in [2.05, 4.69) is 45.2 Å². The molecule has 1 atom stereocenters. The van der Waals surface area contributed by atoms with Gasteiger partial charge in [-0.1, -0.05) is 26.8 Å². The Morgan fingerprint density at radius 2 is 1.58 bits per heavy atom. The summed E-state index contributed by atoms with van der Waals surface area (Å²) in [6.45, 7) is 13.7. The molecule has 0 aliphatic rings. The molecular weight excluding hydrogens is 461 g/mol. The molecule has 6 nitrogen and oxygen atoms in total. The third-order valence-corrected chi connectivity index (χ3v) is 12.0. The maximum absolute atomic E-state index is 13.1. The molecule has 0 amide bonds. The fourth-order valence-electron chi connectivity index (χ4n) is 2.75. The Kier molecular flexibility index (Phi) is 8.64. The summed E-state index contributed by atoms with van der Waals surface area (Å²) in [6.07, 6.45) is 1.76. The predicted molar refractivity (Wildman–Crippen MR) is 131 cm³/mol. The van der Waals surface area contributed by atoms with E-state index < -0.39 is 30.5 Å². The van der Waals surface area contributed by atoms with E-state index in [1.807, 2.05) is 0 Å². The molecule has 182 valence electrons. The summed E-state index contributed by atoms with van der Waals surface area (Å²) in [6, 6.07) is 11.4. The Morgan fingerprint density at radius 3 is 2.03 bits per heavy atom. The van der Waals surface area contributed by atoms with Crippen LogP contribution in [0.25, 0.3) is 0 Å². The fourth-order valence-corrected chi connectivity index (χ4v) is 5.21. The highest BCUT2D eigenvalue weighted by atomic mass is 32.2. The Balaban J connectivity index is 2.21. The summed E-state index contributed by atoms with van der Waals surface area (Å²) in [7, 11) is -6.16. The minimum absolute atomic E-state index is 0.0168. The highest BCUT2D eigenvalue weighted by Gasteiger charge is 2.41. The predicted octanol–water partition coefficient (Wildman–Crippen LogP) is 5.23. The summed E-state index contributed by atoms with van der Waals surface area (Å²) in [5.74, 6) is 0.457. The van der Waals surface area contributed by atoms with Gasteiger partial charge in [0.05, 0.1) is 23.6 Å². The van der Waals surface area contributed by atoms with E-state index in [0.29, 0.717) is 11.5 Å². The second-order valence-electron chi connectivity index (χ2n) is 9.61. The largest absolute Gasteiger partial charge is 0.457 e. The van der Waals surface area contributed by atoms with Crippen LogP contribution in [0.2, 0.25) is 18.1 Å². The molecular formula is C24H34FNO5SSi. The van der Waals surface area contributed by atoms with Crippen molar-refractivity contribution in [3.05, 3.63) is 67.0 Å². The molecule has 0 aliphatic heterocycles. The van der Waals surface area contributed by atoms with Crippen molar-refractivity contribution >= 4 is 18.3 Å². The van der Waals surface area contributed by atoms with Crippen molar-refractivity contribution in [1.29, 1.82) is 0 Å². The highest BCUT2D eigenvalue weighted by Crippen LogP contribution is 2.37. The van der Waals surface area contributed by atoms with E-state index in [4.69, 9.17) is 9.16 Å².